The zero-order valence-corrected chi connectivity index (χ0v) is 11.8. The number of nitrogens with zero attached hydrogens (tertiary/aromatic N) is 1. The Bertz CT molecular complexity index is 635. The van der Waals surface area contributed by atoms with Gasteiger partial charge in [-0.05, 0) is 35.4 Å². The van der Waals surface area contributed by atoms with Crippen LogP contribution in [0.1, 0.15) is 28.2 Å². The zero-order chi connectivity index (χ0) is 13.5. The number of fused-ring (bicyclic) bond motifs is 2. The van der Waals surface area contributed by atoms with Crippen molar-refractivity contribution in [3.63, 3.8) is 0 Å². The van der Waals surface area contributed by atoms with Crippen molar-refractivity contribution in [3.8, 4) is 5.75 Å². The second kappa shape index (κ2) is 4.64. The molecule has 1 unspecified atom stereocenters. The molecule has 0 fully saturated rings. The minimum absolute atomic E-state index is 0.482. The van der Waals surface area contributed by atoms with Gasteiger partial charge in [-0.2, -0.15) is 0 Å². The lowest BCUT2D eigenvalue weighted by Crippen LogP contribution is -2.31. The van der Waals surface area contributed by atoms with Gasteiger partial charge in [0, 0.05) is 25.4 Å². The molecule has 2 aromatic carbocycles. The number of hydrogen-bond acceptors (Lipinski definition) is 2. The lowest BCUT2D eigenvalue weighted by molar-refractivity contribution is 0.294. The largest absolute Gasteiger partial charge is 0.493 e. The normalized spacial score (nSPS) is 21.1. The molecule has 2 heteroatoms. The minimum atomic E-state index is 0.482. The van der Waals surface area contributed by atoms with Gasteiger partial charge >= 0.3 is 0 Å². The molecule has 20 heavy (non-hydrogen) atoms. The van der Waals surface area contributed by atoms with Gasteiger partial charge in [-0.3, -0.25) is 0 Å². The van der Waals surface area contributed by atoms with Crippen LogP contribution in [-0.2, 0) is 13.0 Å². The van der Waals surface area contributed by atoms with Crippen LogP contribution in [0, 0.1) is 0 Å². The van der Waals surface area contributed by atoms with Crippen molar-refractivity contribution < 1.29 is 4.74 Å². The van der Waals surface area contributed by atoms with Crippen molar-refractivity contribution in [2.75, 3.05) is 20.2 Å². The molecule has 0 spiro atoms. The van der Waals surface area contributed by atoms with E-state index in [2.05, 4.69) is 54.4 Å². The summed E-state index contributed by atoms with van der Waals surface area (Å²) in [6, 6.07) is 15.5. The lowest BCUT2D eigenvalue weighted by atomic mass is 9.83. The number of rotatable bonds is 1. The highest BCUT2D eigenvalue weighted by atomic mass is 16.5. The molecule has 2 aromatic rings. The first kappa shape index (κ1) is 12.0. The average molecular weight is 265 g/mol. The van der Waals surface area contributed by atoms with Crippen molar-refractivity contribution >= 4 is 0 Å². The van der Waals surface area contributed by atoms with Gasteiger partial charge in [0.25, 0.3) is 0 Å². The molecule has 2 aliphatic rings. The van der Waals surface area contributed by atoms with Crippen LogP contribution in [-0.4, -0.2) is 25.1 Å². The first-order chi connectivity index (χ1) is 9.81. The fourth-order valence-electron chi connectivity index (χ4n) is 3.48. The van der Waals surface area contributed by atoms with Crippen LogP contribution >= 0.6 is 0 Å². The first-order valence-corrected chi connectivity index (χ1v) is 7.33. The SMILES string of the molecule is CN1Cc2cc3c(cc2C(c2ccccc2)C1)CCO3. The highest BCUT2D eigenvalue weighted by molar-refractivity contribution is 5.49. The van der Waals surface area contributed by atoms with E-state index in [1.165, 1.54) is 22.3 Å². The van der Waals surface area contributed by atoms with Gasteiger partial charge in [0.1, 0.15) is 5.75 Å². The first-order valence-electron chi connectivity index (χ1n) is 7.33. The standard InChI is InChI=1S/C18H19NO/c1-19-11-15-10-18-14(7-8-20-18)9-16(15)17(12-19)13-5-3-2-4-6-13/h2-6,9-10,17H,7-8,11-12H2,1H3. The highest BCUT2D eigenvalue weighted by Crippen LogP contribution is 2.38. The third-order valence-corrected chi connectivity index (χ3v) is 4.46. The summed E-state index contributed by atoms with van der Waals surface area (Å²) in [5, 5.41) is 0. The van der Waals surface area contributed by atoms with Crippen molar-refractivity contribution in [2.24, 2.45) is 0 Å². The van der Waals surface area contributed by atoms with E-state index in [4.69, 9.17) is 4.74 Å². The molecule has 0 bridgehead atoms. The van der Waals surface area contributed by atoms with Gasteiger partial charge in [-0.1, -0.05) is 36.4 Å². The van der Waals surface area contributed by atoms with E-state index < -0.39 is 0 Å². The number of benzene rings is 2. The van der Waals surface area contributed by atoms with Crippen molar-refractivity contribution in [2.45, 2.75) is 18.9 Å². The quantitative estimate of drug-likeness (QED) is 0.785. The fourth-order valence-corrected chi connectivity index (χ4v) is 3.48. The van der Waals surface area contributed by atoms with Crippen LogP contribution in [0.15, 0.2) is 42.5 Å². The predicted molar refractivity (Wildman–Crippen MR) is 80.3 cm³/mol. The molecule has 1 atom stereocenters. The fraction of sp³-hybridized carbons (Fsp3) is 0.333. The maximum Gasteiger partial charge on any atom is 0.122 e. The van der Waals surface area contributed by atoms with Gasteiger partial charge in [0.15, 0.2) is 0 Å². The molecule has 0 amide bonds. The maximum atomic E-state index is 5.72. The summed E-state index contributed by atoms with van der Waals surface area (Å²) < 4.78 is 5.72. The molecule has 0 aromatic heterocycles. The Morgan fingerprint density at radius 1 is 1.10 bits per heavy atom. The second-order valence-corrected chi connectivity index (χ2v) is 5.92. The summed E-state index contributed by atoms with van der Waals surface area (Å²) in [7, 11) is 2.20. The van der Waals surface area contributed by atoms with E-state index in [0.29, 0.717) is 5.92 Å². The Balaban J connectivity index is 1.84. The topological polar surface area (TPSA) is 12.5 Å². The van der Waals surface area contributed by atoms with Gasteiger partial charge < -0.3 is 9.64 Å². The third kappa shape index (κ3) is 1.92. The van der Waals surface area contributed by atoms with Gasteiger partial charge in [-0.15, -0.1) is 0 Å². The average Bonchev–Trinajstić information content (AvgIpc) is 2.92. The highest BCUT2D eigenvalue weighted by Gasteiger charge is 2.27. The van der Waals surface area contributed by atoms with E-state index >= 15 is 0 Å². The number of likely N-dealkylation sites (N-methyl/N-ethyl adjacent to an activating group) is 1. The van der Waals surface area contributed by atoms with Gasteiger partial charge in [-0.25, -0.2) is 0 Å². The Hall–Kier alpha value is -1.80. The molecule has 0 saturated heterocycles. The molecule has 0 N–H and O–H groups in total. The van der Waals surface area contributed by atoms with Crippen molar-refractivity contribution in [1.29, 1.82) is 0 Å². The number of hydrogen-bond donors (Lipinski definition) is 0. The zero-order valence-electron chi connectivity index (χ0n) is 11.8. The smallest absolute Gasteiger partial charge is 0.122 e. The summed E-state index contributed by atoms with van der Waals surface area (Å²) in [5.41, 5.74) is 5.72. The summed E-state index contributed by atoms with van der Waals surface area (Å²) in [4.78, 5) is 2.40. The summed E-state index contributed by atoms with van der Waals surface area (Å²) in [6.07, 6.45) is 1.06. The molecule has 2 nitrogen and oxygen atoms in total. The Morgan fingerprint density at radius 3 is 2.80 bits per heavy atom. The van der Waals surface area contributed by atoms with Crippen molar-refractivity contribution in [3.05, 3.63) is 64.7 Å². The Morgan fingerprint density at radius 2 is 1.95 bits per heavy atom. The number of ether oxygens (including phenoxy) is 1. The third-order valence-electron chi connectivity index (χ3n) is 4.46. The monoisotopic (exact) mass is 265 g/mol. The molecule has 4 rings (SSSR count). The molecule has 2 heterocycles. The predicted octanol–water partition coefficient (Wildman–Crippen LogP) is 3.20. The molecule has 102 valence electrons. The van der Waals surface area contributed by atoms with Gasteiger partial charge in [0.2, 0.25) is 0 Å². The summed E-state index contributed by atoms with van der Waals surface area (Å²) in [6.45, 7) is 2.95. The maximum absolute atomic E-state index is 5.72. The van der Waals surface area contributed by atoms with Crippen LogP contribution in [0.2, 0.25) is 0 Å². The van der Waals surface area contributed by atoms with Crippen LogP contribution < -0.4 is 4.74 Å². The summed E-state index contributed by atoms with van der Waals surface area (Å²) in [5.74, 6) is 1.58. The Labute approximate surface area is 120 Å². The minimum Gasteiger partial charge on any atom is -0.493 e. The molecule has 0 saturated carbocycles. The van der Waals surface area contributed by atoms with E-state index in [9.17, 15) is 0 Å². The molecule has 0 radical (unpaired) electrons. The second-order valence-electron chi connectivity index (χ2n) is 5.92. The molecule has 2 aliphatic heterocycles. The van der Waals surface area contributed by atoms with E-state index in [1.54, 1.807) is 0 Å². The van der Waals surface area contributed by atoms with E-state index in [0.717, 1.165) is 31.9 Å². The Kier molecular flexibility index (Phi) is 2.78. The molecular formula is C18H19NO. The molecule has 0 aliphatic carbocycles. The molecular weight excluding hydrogens is 246 g/mol. The van der Waals surface area contributed by atoms with Gasteiger partial charge in [0.05, 0.1) is 6.61 Å². The van der Waals surface area contributed by atoms with Crippen LogP contribution in [0.4, 0.5) is 0 Å². The van der Waals surface area contributed by atoms with Crippen LogP contribution in [0.25, 0.3) is 0 Å². The van der Waals surface area contributed by atoms with E-state index in [-0.39, 0.29) is 0 Å². The summed E-state index contributed by atoms with van der Waals surface area (Å²) >= 11 is 0. The lowest BCUT2D eigenvalue weighted by Gasteiger charge is -2.33. The van der Waals surface area contributed by atoms with Crippen molar-refractivity contribution in [1.82, 2.24) is 4.90 Å². The van der Waals surface area contributed by atoms with Crippen LogP contribution in [0.5, 0.6) is 5.75 Å². The van der Waals surface area contributed by atoms with E-state index in [1.807, 2.05) is 0 Å². The van der Waals surface area contributed by atoms with Crippen LogP contribution in [0.3, 0.4) is 0 Å².